The maximum Gasteiger partial charge on any atom is 0.0766 e. The first-order chi connectivity index (χ1) is 6.83. The molecule has 5 heteroatoms. The Morgan fingerprint density at radius 2 is 1.36 bits per heavy atom. The van der Waals surface area contributed by atoms with Crippen LogP contribution in [0, 0.1) is 0 Å². The normalized spacial score (nSPS) is 8.79. The van der Waals surface area contributed by atoms with E-state index in [4.69, 9.17) is 19.7 Å². The van der Waals surface area contributed by atoms with Crippen molar-refractivity contribution in [2.75, 3.05) is 46.8 Å². The monoisotopic (exact) mass is 208 g/mol. The highest BCUT2D eigenvalue weighted by Crippen LogP contribution is 1.76. The summed E-state index contributed by atoms with van der Waals surface area (Å²) in [5.74, 6) is 0. The predicted molar refractivity (Wildman–Crippen MR) is 53.0 cm³/mol. The zero-order valence-electron chi connectivity index (χ0n) is 8.65. The molecule has 0 aromatic carbocycles. The van der Waals surface area contributed by atoms with Gasteiger partial charge in [0.15, 0.2) is 0 Å². The Morgan fingerprint density at radius 3 is 1.57 bits per heavy atom. The van der Waals surface area contributed by atoms with E-state index in [0.717, 1.165) is 0 Å². The van der Waals surface area contributed by atoms with Gasteiger partial charge in [0.1, 0.15) is 0 Å². The van der Waals surface area contributed by atoms with Crippen molar-refractivity contribution in [1.29, 1.82) is 0 Å². The first-order valence-corrected chi connectivity index (χ1v) is 4.34. The van der Waals surface area contributed by atoms with Crippen LogP contribution in [-0.4, -0.2) is 57.0 Å². The molecule has 0 aromatic heterocycles. The second-order valence-corrected chi connectivity index (χ2v) is 2.07. The smallest absolute Gasteiger partial charge is 0.0766 e. The summed E-state index contributed by atoms with van der Waals surface area (Å²) in [5, 5.41) is 16.5. The van der Waals surface area contributed by atoms with E-state index in [-0.39, 0.29) is 13.2 Å². The van der Waals surface area contributed by atoms with E-state index < -0.39 is 0 Å². The second-order valence-electron chi connectivity index (χ2n) is 2.07. The summed E-state index contributed by atoms with van der Waals surface area (Å²) < 4.78 is 14.1. The number of aliphatic hydroxyl groups is 2. The van der Waals surface area contributed by atoms with Gasteiger partial charge >= 0.3 is 0 Å². The molecule has 0 aromatic rings. The van der Waals surface area contributed by atoms with Crippen molar-refractivity contribution in [3.63, 3.8) is 0 Å². The molecule has 0 heterocycles. The molecule has 0 aliphatic heterocycles. The van der Waals surface area contributed by atoms with Crippen molar-refractivity contribution in [3.05, 3.63) is 12.8 Å². The van der Waals surface area contributed by atoms with Crippen LogP contribution >= 0.6 is 0 Å². The molecule has 0 saturated heterocycles. The predicted octanol–water partition coefficient (Wildman–Crippen LogP) is -0.219. The van der Waals surface area contributed by atoms with Crippen molar-refractivity contribution in [2.45, 2.75) is 0 Å². The number of rotatable bonds is 8. The molecule has 0 saturated carbocycles. The summed E-state index contributed by atoms with van der Waals surface area (Å²) in [7, 11) is 1.56. The number of methoxy groups -OCH3 is 1. The summed E-state index contributed by atoms with van der Waals surface area (Å²) in [6.07, 6.45) is 1.38. The second kappa shape index (κ2) is 18.2. The van der Waals surface area contributed by atoms with Crippen LogP contribution < -0.4 is 0 Å². The highest BCUT2D eigenvalue weighted by Gasteiger charge is 1.86. The Balaban J connectivity index is 0. The lowest BCUT2D eigenvalue weighted by molar-refractivity contribution is 0.0222. The number of hydrogen-bond acceptors (Lipinski definition) is 5. The first kappa shape index (κ1) is 15.8. The van der Waals surface area contributed by atoms with Gasteiger partial charge in [0, 0.05) is 0 Å². The molecule has 5 nitrogen and oxygen atoms in total. The zero-order valence-corrected chi connectivity index (χ0v) is 8.65. The summed E-state index contributed by atoms with van der Waals surface area (Å²) in [6.45, 7) is 4.99. The largest absolute Gasteiger partial charge is 0.505 e. The summed E-state index contributed by atoms with van der Waals surface area (Å²) >= 11 is 0. The molecule has 2 N–H and O–H groups in total. The number of ether oxygens (including phenoxy) is 3. The molecule has 14 heavy (non-hydrogen) atoms. The molecule has 0 spiro atoms. The standard InChI is InChI=1S/C6H14O4.C3H6O/c7-1-3-9-5-6-10-4-2-8;1-3-4-2/h7-8H,1-6H2;3H,1H2,2H3. The Bertz CT molecular complexity index is 89.2. The van der Waals surface area contributed by atoms with E-state index in [1.165, 1.54) is 6.26 Å². The Morgan fingerprint density at radius 1 is 1.00 bits per heavy atom. The molecule has 0 atom stereocenters. The fourth-order valence-corrected chi connectivity index (χ4v) is 0.451. The van der Waals surface area contributed by atoms with E-state index in [2.05, 4.69) is 11.3 Å². The van der Waals surface area contributed by atoms with Crippen molar-refractivity contribution < 1.29 is 24.4 Å². The SMILES string of the molecule is C=COC.OCCOCCOCCO. The lowest BCUT2D eigenvalue weighted by atomic mass is 10.7. The zero-order chi connectivity index (χ0) is 11.1. The number of aliphatic hydroxyl groups excluding tert-OH is 2. The highest BCUT2D eigenvalue weighted by atomic mass is 16.5. The van der Waals surface area contributed by atoms with Gasteiger partial charge in [-0.3, -0.25) is 0 Å². The van der Waals surface area contributed by atoms with Crippen LogP contribution in [0.15, 0.2) is 12.8 Å². The molecule has 0 fully saturated rings. The van der Waals surface area contributed by atoms with Crippen molar-refractivity contribution >= 4 is 0 Å². The molecular weight excluding hydrogens is 188 g/mol. The Labute approximate surface area is 84.9 Å². The van der Waals surface area contributed by atoms with Gasteiger partial charge < -0.3 is 24.4 Å². The molecule has 0 rings (SSSR count). The summed E-state index contributed by atoms with van der Waals surface area (Å²) in [6, 6.07) is 0. The minimum Gasteiger partial charge on any atom is -0.505 e. The number of hydrogen-bond donors (Lipinski definition) is 2. The maximum atomic E-state index is 8.26. The van der Waals surface area contributed by atoms with Gasteiger partial charge in [-0.1, -0.05) is 6.58 Å². The molecule has 86 valence electrons. The average molecular weight is 208 g/mol. The summed E-state index contributed by atoms with van der Waals surface area (Å²) in [5.41, 5.74) is 0. The molecule has 0 amide bonds. The van der Waals surface area contributed by atoms with Crippen LogP contribution in [0.3, 0.4) is 0 Å². The van der Waals surface area contributed by atoms with Gasteiger partial charge in [-0.15, -0.1) is 0 Å². The fourth-order valence-electron chi connectivity index (χ4n) is 0.451. The molecule has 0 radical (unpaired) electrons. The highest BCUT2D eigenvalue weighted by molar-refractivity contribution is 4.43. The van der Waals surface area contributed by atoms with Crippen LogP contribution in [0.5, 0.6) is 0 Å². The summed E-state index contributed by atoms with van der Waals surface area (Å²) in [4.78, 5) is 0. The first-order valence-electron chi connectivity index (χ1n) is 4.34. The van der Waals surface area contributed by atoms with Crippen molar-refractivity contribution in [3.8, 4) is 0 Å². The minimum absolute atomic E-state index is 0.0417. The van der Waals surface area contributed by atoms with Gasteiger partial charge in [-0.05, 0) is 0 Å². The third-order valence-electron chi connectivity index (χ3n) is 1.01. The topological polar surface area (TPSA) is 68.2 Å². The van der Waals surface area contributed by atoms with E-state index >= 15 is 0 Å². The van der Waals surface area contributed by atoms with Crippen LogP contribution in [-0.2, 0) is 14.2 Å². The van der Waals surface area contributed by atoms with Gasteiger partial charge in [0.05, 0.1) is 53.0 Å². The van der Waals surface area contributed by atoms with Crippen LogP contribution in [0.25, 0.3) is 0 Å². The molecule has 0 aliphatic carbocycles. The lowest BCUT2D eigenvalue weighted by Crippen LogP contribution is -2.09. The van der Waals surface area contributed by atoms with E-state index in [1.54, 1.807) is 7.11 Å². The van der Waals surface area contributed by atoms with Gasteiger partial charge in [-0.2, -0.15) is 0 Å². The van der Waals surface area contributed by atoms with Crippen LogP contribution in [0.2, 0.25) is 0 Å². The average Bonchev–Trinajstić information content (AvgIpc) is 2.24. The minimum atomic E-state index is 0.0417. The molecular formula is C9H20O5. The van der Waals surface area contributed by atoms with Crippen molar-refractivity contribution in [1.82, 2.24) is 0 Å². The maximum absolute atomic E-state index is 8.26. The third kappa shape index (κ3) is 22.5. The molecule has 0 unspecified atom stereocenters. The quantitative estimate of drug-likeness (QED) is 0.426. The van der Waals surface area contributed by atoms with Gasteiger partial charge in [0.2, 0.25) is 0 Å². The van der Waals surface area contributed by atoms with Crippen LogP contribution in [0.1, 0.15) is 0 Å². The van der Waals surface area contributed by atoms with E-state index in [1.807, 2.05) is 0 Å². The van der Waals surface area contributed by atoms with Gasteiger partial charge in [0.25, 0.3) is 0 Å². The van der Waals surface area contributed by atoms with E-state index in [9.17, 15) is 0 Å². The van der Waals surface area contributed by atoms with Gasteiger partial charge in [-0.25, -0.2) is 0 Å². The van der Waals surface area contributed by atoms with Crippen molar-refractivity contribution in [2.24, 2.45) is 0 Å². The van der Waals surface area contributed by atoms with E-state index in [0.29, 0.717) is 26.4 Å². The molecule has 0 aliphatic rings. The Kier molecular flexibility index (Phi) is 20.6. The molecule has 0 bridgehead atoms. The fraction of sp³-hybridized carbons (Fsp3) is 0.778. The van der Waals surface area contributed by atoms with Crippen LogP contribution in [0.4, 0.5) is 0 Å². The lowest BCUT2D eigenvalue weighted by Gasteiger charge is -2.01. The Hall–Kier alpha value is -0.620. The third-order valence-corrected chi connectivity index (χ3v) is 1.01.